The lowest BCUT2D eigenvalue weighted by molar-refractivity contribution is -0.124. The maximum Gasteiger partial charge on any atom is 0.149 e. The molecule has 0 saturated heterocycles. The summed E-state index contributed by atoms with van der Waals surface area (Å²) >= 11 is 0. The molecule has 0 radical (unpaired) electrons. The van der Waals surface area contributed by atoms with Crippen LogP contribution in [-0.4, -0.2) is 41.0 Å². The highest BCUT2D eigenvalue weighted by Gasteiger charge is 2.24. The lowest BCUT2D eigenvalue weighted by atomic mass is 10.0. The zero-order valence-electron chi connectivity index (χ0n) is 10.5. The Kier molecular flexibility index (Phi) is 7.61. The van der Waals surface area contributed by atoms with Crippen molar-refractivity contribution in [3.63, 3.8) is 0 Å². The molecular weight excluding hydrogens is 190 g/mol. The molecule has 1 unspecified atom stereocenters. The summed E-state index contributed by atoms with van der Waals surface area (Å²) in [6.07, 6.45) is 2.62. The van der Waals surface area contributed by atoms with Gasteiger partial charge in [0.1, 0.15) is 5.78 Å². The van der Waals surface area contributed by atoms with Crippen LogP contribution in [0.5, 0.6) is 0 Å². The average Bonchev–Trinajstić information content (AvgIpc) is 2.27. The lowest BCUT2D eigenvalue weighted by Crippen LogP contribution is -2.46. The largest absolute Gasteiger partial charge is 0.395 e. The molecule has 0 saturated carbocycles. The van der Waals surface area contributed by atoms with Crippen LogP contribution in [0.2, 0.25) is 0 Å². The molecule has 3 heteroatoms. The Labute approximate surface area is 93.5 Å². The van der Waals surface area contributed by atoms with E-state index in [0.717, 1.165) is 12.8 Å². The second-order valence-corrected chi connectivity index (χ2v) is 3.93. The first-order valence-electron chi connectivity index (χ1n) is 6.01. The molecule has 0 aromatic rings. The van der Waals surface area contributed by atoms with Crippen molar-refractivity contribution < 1.29 is 9.90 Å². The zero-order chi connectivity index (χ0) is 11.8. The molecule has 3 nitrogen and oxygen atoms in total. The van der Waals surface area contributed by atoms with Gasteiger partial charge in [0, 0.05) is 19.0 Å². The third-order valence-electron chi connectivity index (χ3n) is 3.08. The molecule has 1 N–H and O–H groups in total. The topological polar surface area (TPSA) is 40.5 Å². The Morgan fingerprint density at radius 2 is 1.80 bits per heavy atom. The van der Waals surface area contributed by atoms with E-state index in [0.29, 0.717) is 19.0 Å². The summed E-state index contributed by atoms with van der Waals surface area (Å²) in [6.45, 7) is 8.81. The van der Waals surface area contributed by atoms with E-state index >= 15 is 0 Å². The van der Waals surface area contributed by atoms with Crippen molar-refractivity contribution in [2.45, 2.75) is 59.0 Å². The number of carbonyl (C=O) groups excluding carboxylic acids is 1. The maximum absolute atomic E-state index is 11.6. The number of aliphatic hydroxyl groups is 1. The fraction of sp³-hybridized carbons (Fsp3) is 0.917. The van der Waals surface area contributed by atoms with Crippen LogP contribution in [0.4, 0.5) is 0 Å². The summed E-state index contributed by atoms with van der Waals surface area (Å²) in [4.78, 5) is 13.8. The van der Waals surface area contributed by atoms with Crippen LogP contribution in [0.25, 0.3) is 0 Å². The molecule has 0 spiro atoms. The normalized spacial score (nSPS) is 13.5. The molecule has 0 aliphatic carbocycles. The van der Waals surface area contributed by atoms with E-state index in [1.807, 2.05) is 13.8 Å². The SMILES string of the molecule is CCC(=O)C(C)N(CCO)C(CC)CC. The first-order chi connectivity index (χ1) is 7.12. The fourth-order valence-corrected chi connectivity index (χ4v) is 2.05. The van der Waals surface area contributed by atoms with Crippen LogP contribution >= 0.6 is 0 Å². The first kappa shape index (κ1) is 14.6. The van der Waals surface area contributed by atoms with Crippen LogP contribution in [0.1, 0.15) is 47.0 Å². The Balaban J connectivity index is 4.54. The van der Waals surface area contributed by atoms with Gasteiger partial charge >= 0.3 is 0 Å². The molecule has 15 heavy (non-hydrogen) atoms. The van der Waals surface area contributed by atoms with Gasteiger partial charge in [-0.25, -0.2) is 0 Å². The Morgan fingerprint density at radius 3 is 2.13 bits per heavy atom. The summed E-state index contributed by atoms with van der Waals surface area (Å²) in [7, 11) is 0. The Hall–Kier alpha value is -0.410. The van der Waals surface area contributed by atoms with Crippen molar-refractivity contribution in [2.75, 3.05) is 13.2 Å². The number of Topliss-reactive ketones (excluding diaryl/α,β-unsaturated/α-hetero) is 1. The second-order valence-electron chi connectivity index (χ2n) is 3.93. The molecule has 0 aromatic heterocycles. The molecule has 0 fully saturated rings. The molecule has 0 amide bonds. The molecule has 0 aliphatic rings. The quantitative estimate of drug-likeness (QED) is 0.671. The summed E-state index contributed by atoms with van der Waals surface area (Å²) in [6, 6.07) is 0.342. The highest BCUT2D eigenvalue weighted by Crippen LogP contribution is 2.13. The first-order valence-corrected chi connectivity index (χ1v) is 6.01. The third kappa shape index (κ3) is 4.31. The monoisotopic (exact) mass is 215 g/mol. The van der Waals surface area contributed by atoms with E-state index in [4.69, 9.17) is 5.11 Å². The van der Waals surface area contributed by atoms with Crippen molar-refractivity contribution >= 4 is 5.78 Å². The zero-order valence-corrected chi connectivity index (χ0v) is 10.5. The average molecular weight is 215 g/mol. The number of hydrogen-bond donors (Lipinski definition) is 1. The number of rotatable bonds is 8. The van der Waals surface area contributed by atoms with E-state index in [1.54, 1.807) is 0 Å². The van der Waals surface area contributed by atoms with Crippen LogP contribution < -0.4 is 0 Å². The highest BCUT2D eigenvalue weighted by atomic mass is 16.3. The number of hydrogen-bond acceptors (Lipinski definition) is 3. The second kappa shape index (κ2) is 7.83. The maximum atomic E-state index is 11.6. The van der Waals surface area contributed by atoms with Crippen molar-refractivity contribution in [3.8, 4) is 0 Å². The molecule has 1 atom stereocenters. The molecule has 0 aliphatic heterocycles. The van der Waals surface area contributed by atoms with E-state index in [9.17, 15) is 4.79 Å². The van der Waals surface area contributed by atoms with Gasteiger partial charge in [-0.15, -0.1) is 0 Å². The van der Waals surface area contributed by atoms with Crippen LogP contribution in [-0.2, 0) is 4.79 Å². The fourth-order valence-electron chi connectivity index (χ4n) is 2.05. The minimum absolute atomic E-state index is 0.0629. The lowest BCUT2D eigenvalue weighted by Gasteiger charge is -2.34. The smallest absolute Gasteiger partial charge is 0.149 e. The molecule has 0 heterocycles. The van der Waals surface area contributed by atoms with Gasteiger partial charge in [0.15, 0.2) is 0 Å². The molecular formula is C12H25NO2. The summed E-state index contributed by atoms with van der Waals surface area (Å²) in [5.41, 5.74) is 0. The standard InChI is InChI=1S/C12H25NO2/c1-5-11(6-2)13(8-9-14)10(4)12(15)7-3/h10-11,14H,5-9H2,1-4H3. The minimum atomic E-state index is -0.0629. The Morgan fingerprint density at radius 1 is 1.27 bits per heavy atom. The predicted octanol–water partition coefficient (Wildman–Crippen LogP) is 1.84. The number of ketones is 1. The van der Waals surface area contributed by atoms with Gasteiger partial charge < -0.3 is 5.11 Å². The van der Waals surface area contributed by atoms with Crippen molar-refractivity contribution in [2.24, 2.45) is 0 Å². The predicted molar refractivity (Wildman–Crippen MR) is 62.9 cm³/mol. The van der Waals surface area contributed by atoms with E-state index in [-0.39, 0.29) is 18.4 Å². The van der Waals surface area contributed by atoms with Crippen molar-refractivity contribution in [1.82, 2.24) is 4.90 Å². The van der Waals surface area contributed by atoms with E-state index < -0.39 is 0 Å². The van der Waals surface area contributed by atoms with E-state index in [1.165, 1.54) is 0 Å². The van der Waals surface area contributed by atoms with Crippen molar-refractivity contribution in [1.29, 1.82) is 0 Å². The Bertz CT molecular complexity index is 178. The van der Waals surface area contributed by atoms with Gasteiger partial charge in [-0.1, -0.05) is 20.8 Å². The summed E-state index contributed by atoms with van der Waals surface area (Å²) < 4.78 is 0. The van der Waals surface area contributed by atoms with Gasteiger partial charge in [-0.2, -0.15) is 0 Å². The molecule has 90 valence electrons. The third-order valence-corrected chi connectivity index (χ3v) is 3.08. The molecule has 0 aromatic carbocycles. The molecule has 0 rings (SSSR count). The minimum Gasteiger partial charge on any atom is -0.395 e. The van der Waals surface area contributed by atoms with Gasteiger partial charge in [-0.05, 0) is 19.8 Å². The van der Waals surface area contributed by atoms with E-state index in [2.05, 4.69) is 18.7 Å². The van der Waals surface area contributed by atoms with Gasteiger partial charge in [0.2, 0.25) is 0 Å². The number of nitrogens with zero attached hydrogens (tertiary/aromatic N) is 1. The van der Waals surface area contributed by atoms with Gasteiger partial charge in [-0.3, -0.25) is 9.69 Å². The number of aliphatic hydroxyl groups excluding tert-OH is 1. The molecule has 0 bridgehead atoms. The van der Waals surface area contributed by atoms with Crippen molar-refractivity contribution in [3.05, 3.63) is 0 Å². The van der Waals surface area contributed by atoms with Crippen LogP contribution in [0.15, 0.2) is 0 Å². The summed E-state index contributed by atoms with van der Waals surface area (Å²) in [5, 5.41) is 9.03. The number of carbonyl (C=O) groups is 1. The van der Waals surface area contributed by atoms with Crippen LogP contribution in [0, 0.1) is 0 Å². The highest BCUT2D eigenvalue weighted by molar-refractivity contribution is 5.83. The summed E-state index contributed by atoms with van der Waals surface area (Å²) in [5.74, 6) is 0.260. The van der Waals surface area contributed by atoms with Gasteiger partial charge in [0.25, 0.3) is 0 Å². The van der Waals surface area contributed by atoms with Crippen LogP contribution in [0.3, 0.4) is 0 Å². The van der Waals surface area contributed by atoms with Gasteiger partial charge in [0.05, 0.1) is 12.6 Å².